The van der Waals surface area contributed by atoms with Crippen molar-refractivity contribution in [2.75, 3.05) is 43.4 Å². The third-order valence-corrected chi connectivity index (χ3v) is 3.85. The van der Waals surface area contributed by atoms with Crippen LogP contribution in [0.3, 0.4) is 0 Å². The monoisotopic (exact) mass is 298 g/mol. The number of hydrogen-bond donors (Lipinski definition) is 1. The fourth-order valence-electron chi connectivity index (χ4n) is 2.54. The van der Waals surface area contributed by atoms with Gasteiger partial charge < -0.3 is 15.1 Å². The molecule has 0 amide bonds. The SMILES string of the molecule is Cc1nc(NCc2cccnc2)cc(N2CCN(C)CC2)n1. The van der Waals surface area contributed by atoms with E-state index < -0.39 is 0 Å². The Morgan fingerprint density at radius 2 is 2.00 bits per heavy atom. The molecule has 1 fully saturated rings. The van der Waals surface area contributed by atoms with E-state index in [1.807, 2.05) is 25.3 Å². The molecule has 1 saturated heterocycles. The molecule has 1 aliphatic rings. The van der Waals surface area contributed by atoms with Crippen molar-refractivity contribution in [3.8, 4) is 0 Å². The number of nitrogens with zero attached hydrogens (tertiary/aromatic N) is 5. The van der Waals surface area contributed by atoms with Gasteiger partial charge in [0.1, 0.15) is 17.5 Å². The van der Waals surface area contributed by atoms with Crippen LogP contribution in [0, 0.1) is 6.92 Å². The maximum atomic E-state index is 4.58. The zero-order valence-corrected chi connectivity index (χ0v) is 13.2. The molecule has 0 bridgehead atoms. The number of piperazine rings is 1. The summed E-state index contributed by atoms with van der Waals surface area (Å²) >= 11 is 0. The highest BCUT2D eigenvalue weighted by atomic mass is 15.3. The molecule has 3 heterocycles. The summed E-state index contributed by atoms with van der Waals surface area (Å²) in [6.07, 6.45) is 3.65. The number of rotatable bonds is 4. The Morgan fingerprint density at radius 3 is 2.73 bits per heavy atom. The lowest BCUT2D eigenvalue weighted by Gasteiger charge is -2.33. The average molecular weight is 298 g/mol. The van der Waals surface area contributed by atoms with Gasteiger partial charge in [-0.15, -0.1) is 0 Å². The van der Waals surface area contributed by atoms with E-state index in [4.69, 9.17) is 0 Å². The van der Waals surface area contributed by atoms with Gasteiger partial charge in [-0.1, -0.05) is 6.07 Å². The molecule has 2 aromatic rings. The van der Waals surface area contributed by atoms with Crippen LogP contribution in [0.25, 0.3) is 0 Å². The molecule has 0 aliphatic carbocycles. The molecule has 0 saturated carbocycles. The van der Waals surface area contributed by atoms with Gasteiger partial charge in [-0.3, -0.25) is 4.98 Å². The molecule has 6 nitrogen and oxygen atoms in total. The number of aromatic nitrogens is 3. The van der Waals surface area contributed by atoms with Crippen LogP contribution < -0.4 is 10.2 Å². The van der Waals surface area contributed by atoms with Crippen LogP contribution in [0.5, 0.6) is 0 Å². The highest BCUT2D eigenvalue weighted by molar-refractivity contribution is 5.50. The summed E-state index contributed by atoms with van der Waals surface area (Å²) in [5, 5.41) is 3.36. The van der Waals surface area contributed by atoms with Gasteiger partial charge in [0.05, 0.1) is 0 Å². The van der Waals surface area contributed by atoms with E-state index in [-0.39, 0.29) is 0 Å². The fraction of sp³-hybridized carbons (Fsp3) is 0.438. The first-order chi connectivity index (χ1) is 10.7. The molecule has 0 radical (unpaired) electrons. The van der Waals surface area contributed by atoms with Crippen molar-refractivity contribution < 1.29 is 0 Å². The van der Waals surface area contributed by atoms with Crippen LogP contribution in [0.2, 0.25) is 0 Å². The summed E-state index contributed by atoms with van der Waals surface area (Å²) in [6, 6.07) is 6.03. The van der Waals surface area contributed by atoms with E-state index in [2.05, 4.69) is 43.2 Å². The lowest BCUT2D eigenvalue weighted by atomic mass is 10.3. The predicted molar refractivity (Wildman–Crippen MR) is 88.0 cm³/mol. The lowest BCUT2D eigenvalue weighted by molar-refractivity contribution is 0.312. The Balaban J connectivity index is 1.70. The van der Waals surface area contributed by atoms with Crippen LogP contribution in [-0.4, -0.2) is 53.1 Å². The molecule has 0 spiro atoms. The molecule has 1 aliphatic heterocycles. The number of likely N-dealkylation sites (N-methyl/N-ethyl adjacent to an activating group) is 1. The summed E-state index contributed by atoms with van der Waals surface area (Å²) < 4.78 is 0. The zero-order valence-electron chi connectivity index (χ0n) is 13.2. The minimum Gasteiger partial charge on any atom is -0.366 e. The third kappa shape index (κ3) is 3.71. The topological polar surface area (TPSA) is 57.2 Å². The Bertz CT molecular complexity index is 607. The van der Waals surface area contributed by atoms with Crippen LogP contribution in [0.4, 0.5) is 11.6 Å². The first kappa shape index (κ1) is 14.7. The van der Waals surface area contributed by atoms with Crippen molar-refractivity contribution in [1.82, 2.24) is 19.9 Å². The van der Waals surface area contributed by atoms with Gasteiger partial charge in [-0.05, 0) is 25.6 Å². The Morgan fingerprint density at radius 1 is 1.18 bits per heavy atom. The normalized spacial score (nSPS) is 15.8. The second-order valence-corrected chi connectivity index (χ2v) is 5.66. The van der Waals surface area contributed by atoms with E-state index in [0.29, 0.717) is 6.54 Å². The molecule has 0 unspecified atom stereocenters. The summed E-state index contributed by atoms with van der Waals surface area (Å²) in [5.74, 6) is 2.67. The quantitative estimate of drug-likeness (QED) is 0.924. The van der Waals surface area contributed by atoms with E-state index in [1.54, 1.807) is 6.20 Å². The van der Waals surface area contributed by atoms with Gasteiger partial charge in [0.25, 0.3) is 0 Å². The molecule has 0 aromatic carbocycles. The molecule has 116 valence electrons. The molecular weight excluding hydrogens is 276 g/mol. The average Bonchev–Trinajstić information content (AvgIpc) is 2.54. The van der Waals surface area contributed by atoms with Gasteiger partial charge in [-0.25, -0.2) is 9.97 Å². The van der Waals surface area contributed by atoms with Crippen molar-refractivity contribution in [2.45, 2.75) is 13.5 Å². The molecular formula is C16H22N6. The number of pyridine rings is 1. The summed E-state index contributed by atoms with van der Waals surface area (Å²) in [7, 11) is 2.16. The van der Waals surface area contributed by atoms with Crippen LogP contribution in [0.1, 0.15) is 11.4 Å². The van der Waals surface area contributed by atoms with E-state index in [0.717, 1.165) is 49.2 Å². The second kappa shape index (κ2) is 6.70. The first-order valence-corrected chi connectivity index (χ1v) is 7.63. The van der Waals surface area contributed by atoms with E-state index >= 15 is 0 Å². The van der Waals surface area contributed by atoms with Crippen molar-refractivity contribution >= 4 is 11.6 Å². The van der Waals surface area contributed by atoms with Crippen molar-refractivity contribution in [2.24, 2.45) is 0 Å². The van der Waals surface area contributed by atoms with Gasteiger partial charge in [0.15, 0.2) is 0 Å². The molecule has 3 rings (SSSR count). The molecule has 6 heteroatoms. The van der Waals surface area contributed by atoms with Crippen LogP contribution >= 0.6 is 0 Å². The zero-order chi connectivity index (χ0) is 15.4. The molecule has 2 aromatic heterocycles. The lowest BCUT2D eigenvalue weighted by Crippen LogP contribution is -2.44. The Hall–Kier alpha value is -2.21. The van der Waals surface area contributed by atoms with Crippen molar-refractivity contribution in [3.63, 3.8) is 0 Å². The van der Waals surface area contributed by atoms with Crippen LogP contribution in [0.15, 0.2) is 30.6 Å². The van der Waals surface area contributed by atoms with Crippen LogP contribution in [-0.2, 0) is 6.54 Å². The molecule has 0 atom stereocenters. The molecule has 1 N–H and O–H groups in total. The largest absolute Gasteiger partial charge is 0.366 e. The molecule has 22 heavy (non-hydrogen) atoms. The minimum absolute atomic E-state index is 0.715. The standard InChI is InChI=1S/C16H22N6/c1-13-19-15(18-12-14-4-3-5-17-11-14)10-16(20-13)22-8-6-21(2)7-9-22/h3-5,10-11H,6-9,12H2,1-2H3,(H,18,19,20). The number of aryl methyl sites for hydroxylation is 1. The fourth-order valence-corrected chi connectivity index (χ4v) is 2.54. The number of hydrogen-bond acceptors (Lipinski definition) is 6. The Labute approximate surface area is 131 Å². The maximum Gasteiger partial charge on any atom is 0.134 e. The predicted octanol–water partition coefficient (Wildman–Crippen LogP) is 1.54. The summed E-state index contributed by atoms with van der Waals surface area (Å²) in [6.45, 7) is 6.81. The maximum absolute atomic E-state index is 4.58. The highest BCUT2D eigenvalue weighted by Crippen LogP contribution is 2.18. The van der Waals surface area contributed by atoms with Crippen molar-refractivity contribution in [1.29, 1.82) is 0 Å². The third-order valence-electron chi connectivity index (χ3n) is 3.85. The summed E-state index contributed by atoms with van der Waals surface area (Å²) in [4.78, 5) is 17.9. The van der Waals surface area contributed by atoms with Gasteiger partial charge in [0, 0.05) is 51.2 Å². The Kier molecular flexibility index (Phi) is 4.48. The number of anilines is 2. The highest BCUT2D eigenvalue weighted by Gasteiger charge is 2.16. The van der Waals surface area contributed by atoms with Crippen molar-refractivity contribution in [3.05, 3.63) is 42.0 Å². The number of nitrogens with one attached hydrogen (secondary N) is 1. The first-order valence-electron chi connectivity index (χ1n) is 7.63. The van der Waals surface area contributed by atoms with Gasteiger partial charge in [-0.2, -0.15) is 0 Å². The van der Waals surface area contributed by atoms with E-state index in [1.165, 1.54) is 0 Å². The smallest absolute Gasteiger partial charge is 0.134 e. The van der Waals surface area contributed by atoms with E-state index in [9.17, 15) is 0 Å². The second-order valence-electron chi connectivity index (χ2n) is 5.66. The minimum atomic E-state index is 0.715. The summed E-state index contributed by atoms with van der Waals surface area (Å²) in [5.41, 5.74) is 1.14. The van der Waals surface area contributed by atoms with Gasteiger partial charge in [0.2, 0.25) is 0 Å². The van der Waals surface area contributed by atoms with Gasteiger partial charge >= 0.3 is 0 Å².